The second kappa shape index (κ2) is 5.71. The molecular formula is C13H15N3O2S. The van der Waals surface area contributed by atoms with Gasteiger partial charge in [-0.1, -0.05) is 18.3 Å². The molecule has 0 aliphatic heterocycles. The van der Waals surface area contributed by atoms with Crippen LogP contribution in [0.1, 0.15) is 13.3 Å². The quantitative estimate of drug-likeness (QED) is 0.900. The number of carbonyl (C=O) groups excluding carboxylic acids is 1. The molecule has 0 spiro atoms. The zero-order chi connectivity index (χ0) is 13.8. The normalized spacial score (nSPS) is 10.2. The van der Waals surface area contributed by atoms with Gasteiger partial charge in [-0.25, -0.2) is 4.98 Å². The first-order valence-electron chi connectivity index (χ1n) is 5.84. The maximum atomic E-state index is 11.3. The van der Waals surface area contributed by atoms with Crippen molar-refractivity contribution in [3.63, 3.8) is 0 Å². The number of benzene rings is 1. The molecule has 0 aliphatic carbocycles. The van der Waals surface area contributed by atoms with Gasteiger partial charge < -0.3 is 15.8 Å². The molecule has 0 aliphatic rings. The molecule has 19 heavy (non-hydrogen) atoms. The topological polar surface area (TPSA) is 77.2 Å². The number of nitrogen functional groups attached to an aromatic ring is 1. The number of methoxy groups -OCH3 is 1. The van der Waals surface area contributed by atoms with E-state index in [4.69, 9.17) is 10.5 Å². The summed E-state index contributed by atoms with van der Waals surface area (Å²) in [7, 11) is 1.62. The van der Waals surface area contributed by atoms with Gasteiger partial charge >= 0.3 is 0 Å². The Morgan fingerprint density at radius 2 is 2.11 bits per heavy atom. The highest BCUT2D eigenvalue weighted by molar-refractivity contribution is 7.20. The predicted molar refractivity (Wildman–Crippen MR) is 77.4 cm³/mol. The summed E-state index contributed by atoms with van der Waals surface area (Å²) < 4.78 is 5.10. The van der Waals surface area contributed by atoms with Crippen molar-refractivity contribution >= 4 is 27.4 Å². The number of hydrogen-bond acceptors (Lipinski definition) is 5. The van der Waals surface area contributed by atoms with Gasteiger partial charge in [0.2, 0.25) is 5.91 Å². The van der Waals surface area contributed by atoms with E-state index in [9.17, 15) is 4.79 Å². The van der Waals surface area contributed by atoms with Gasteiger partial charge in [-0.3, -0.25) is 4.79 Å². The first kappa shape index (κ1) is 13.4. The van der Waals surface area contributed by atoms with Crippen LogP contribution in [0.4, 0.5) is 10.1 Å². The van der Waals surface area contributed by atoms with E-state index in [1.165, 1.54) is 11.3 Å². The van der Waals surface area contributed by atoms with Gasteiger partial charge in [0.1, 0.15) is 16.4 Å². The van der Waals surface area contributed by atoms with E-state index in [1.807, 2.05) is 24.3 Å². The third-order valence-electron chi connectivity index (χ3n) is 2.58. The largest absolute Gasteiger partial charge is 0.497 e. The molecule has 2 aromatic rings. The Morgan fingerprint density at radius 3 is 2.68 bits per heavy atom. The smallest absolute Gasteiger partial charge is 0.225 e. The van der Waals surface area contributed by atoms with Gasteiger partial charge in [0.15, 0.2) is 5.13 Å². The van der Waals surface area contributed by atoms with Crippen LogP contribution in [-0.2, 0) is 4.79 Å². The number of rotatable bonds is 4. The number of aromatic nitrogens is 1. The molecule has 3 N–H and O–H groups in total. The Bertz CT molecular complexity index is 578. The predicted octanol–water partition coefficient (Wildman–Crippen LogP) is 2.75. The van der Waals surface area contributed by atoms with Crippen LogP contribution >= 0.6 is 11.3 Å². The Morgan fingerprint density at radius 1 is 1.42 bits per heavy atom. The summed E-state index contributed by atoms with van der Waals surface area (Å²) in [5, 5.41) is 3.81. The summed E-state index contributed by atoms with van der Waals surface area (Å²) >= 11 is 1.27. The number of carbonyl (C=O) groups is 1. The minimum absolute atomic E-state index is 0.0740. The maximum absolute atomic E-state index is 11.3. The van der Waals surface area contributed by atoms with E-state index in [0.29, 0.717) is 22.2 Å². The molecule has 2 rings (SSSR count). The highest BCUT2D eigenvalue weighted by Gasteiger charge is 2.12. The van der Waals surface area contributed by atoms with E-state index < -0.39 is 0 Å². The summed E-state index contributed by atoms with van der Waals surface area (Å²) in [5.74, 6) is 0.701. The van der Waals surface area contributed by atoms with Gasteiger partial charge in [0.05, 0.1) is 7.11 Å². The molecule has 6 heteroatoms. The number of amides is 1. The summed E-state index contributed by atoms with van der Waals surface area (Å²) in [6.07, 6.45) is 0.414. The van der Waals surface area contributed by atoms with Crippen LogP contribution in [0.15, 0.2) is 24.3 Å². The molecule has 5 nitrogen and oxygen atoms in total. The zero-order valence-electron chi connectivity index (χ0n) is 10.8. The van der Waals surface area contributed by atoms with Crippen molar-refractivity contribution in [3.05, 3.63) is 24.3 Å². The van der Waals surface area contributed by atoms with E-state index in [2.05, 4.69) is 10.3 Å². The minimum Gasteiger partial charge on any atom is -0.497 e. The lowest BCUT2D eigenvalue weighted by atomic mass is 10.1. The SMILES string of the molecule is CCC(=O)Nc1nc(-c2ccc(OC)cc2)c(N)s1. The van der Waals surface area contributed by atoms with Crippen LogP contribution in [0.25, 0.3) is 11.3 Å². The number of ether oxygens (including phenoxy) is 1. The first-order valence-corrected chi connectivity index (χ1v) is 6.66. The Labute approximate surface area is 115 Å². The van der Waals surface area contributed by atoms with Crippen molar-refractivity contribution in [2.24, 2.45) is 0 Å². The molecule has 1 aromatic heterocycles. The number of nitrogens with zero attached hydrogens (tertiary/aromatic N) is 1. The van der Waals surface area contributed by atoms with Gasteiger partial charge in [0, 0.05) is 12.0 Å². The molecule has 1 heterocycles. The van der Waals surface area contributed by atoms with Crippen molar-refractivity contribution < 1.29 is 9.53 Å². The van der Waals surface area contributed by atoms with E-state index >= 15 is 0 Å². The Balaban J connectivity index is 2.26. The van der Waals surface area contributed by atoms with Gasteiger partial charge in [-0.05, 0) is 24.3 Å². The summed E-state index contributed by atoms with van der Waals surface area (Å²) in [6, 6.07) is 7.46. The van der Waals surface area contributed by atoms with Crippen LogP contribution in [0.5, 0.6) is 5.75 Å². The third-order valence-corrected chi connectivity index (χ3v) is 3.38. The fourth-order valence-corrected chi connectivity index (χ4v) is 2.32. The van der Waals surface area contributed by atoms with E-state index in [1.54, 1.807) is 14.0 Å². The molecule has 1 aromatic carbocycles. The average Bonchev–Trinajstić information content (AvgIpc) is 2.79. The van der Waals surface area contributed by atoms with Crippen molar-refractivity contribution in [1.29, 1.82) is 0 Å². The standard InChI is InChI=1S/C13H15N3O2S/c1-3-10(17)15-13-16-11(12(14)19-13)8-4-6-9(18-2)7-5-8/h4-7H,3,14H2,1-2H3,(H,15,16,17). The van der Waals surface area contributed by atoms with Crippen LogP contribution in [0.2, 0.25) is 0 Å². The van der Waals surface area contributed by atoms with Crippen molar-refractivity contribution in [2.75, 3.05) is 18.2 Å². The molecule has 0 saturated heterocycles. The van der Waals surface area contributed by atoms with Crippen molar-refractivity contribution in [2.45, 2.75) is 13.3 Å². The van der Waals surface area contributed by atoms with Crippen molar-refractivity contribution in [1.82, 2.24) is 4.98 Å². The van der Waals surface area contributed by atoms with Crippen LogP contribution < -0.4 is 15.8 Å². The third kappa shape index (κ3) is 3.03. The molecule has 0 unspecified atom stereocenters. The average molecular weight is 277 g/mol. The monoisotopic (exact) mass is 277 g/mol. The first-order chi connectivity index (χ1) is 9.13. The highest BCUT2D eigenvalue weighted by atomic mass is 32.1. The molecule has 0 bridgehead atoms. The number of thiazole rings is 1. The molecule has 100 valence electrons. The second-order valence-corrected chi connectivity index (χ2v) is 4.89. The van der Waals surface area contributed by atoms with Gasteiger partial charge in [0.25, 0.3) is 0 Å². The number of hydrogen-bond donors (Lipinski definition) is 2. The van der Waals surface area contributed by atoms with Gasteiger partial charge in [-0.2, -0.15) is 0 Å². The van der Waals surface area contributed by atoms with Crippen molar-refractivity contribution in [3.8, 4) is 17.0 Å². The van der Waals surface area contributed by atoms with Crippen LogP contribution in [-0.4, -0.2) is 18.0 Å². The number of anilines is 2. The van der Waals surface area contributed by atoms with Crippen LogP contribution in [0.3, 0.4) is 0 Å². The van der Waals surface area contributed by atoms with Crippen LogP contribution in [0, 0.1) is 0 Å². The maximum Gasteiger partial charge on any atom is 0.225 e. The zero-order valence-corrected chi connectivity index (χ0v) is 11.6. The number of nitrogens with two attached hydrogens (primary N) is 1. The lowest BCUT2D eigenvalue weighted by Gasteiger charge is -2.01. The number of nitrogens with one attached hydrogen (secondary N) is 1. The summed E-state index contributed by atoms with van der Waals surface area (Å²) in [6.45, 7) is 1.79. The molecule has 0 radical (unpaired) electrons. The fourth-order valence-electron chi connectivity index (χ4n) is 1.55. The van der Waals surface area contributed by atoms with E-state index in [-0.39, 0.29) is 5.91 Å². The summed E-state index contributed by atoms with van der Waals surface area (Å²) in [4.78, 5) is 15.7. The molecule has 0 fully saturated rings. The minimum atomic E-state index is -0.0740. The second-order valence-electron chi connectivity index (χ2n) is 3.86. The molecule has 0 atom stereocenters. The van der Waals surface area contributed by atoms with E-state index in [0.717, 1.165) is 11.3 Å². The molecular weight excluding hydrogens is 262 g/mol. The summed E-state index contributed by atoms with van der Waals surface area (Å²) in [5.41, 5.74) is 7.51. The lowest BCUT2D eigenvalue weighted by molar-refractivity contribution is -0.115. The Kier molecular flexibility index (Phi) is 4.01. The highest BCUT2D eigenvalue weighted by Crippen LogP contribution is 2.34. The molecule has 0 saturated carbocycles. The Hall–Kier alpha value is -2.08. The fraction of sp³-hybridized carbons (Fsp3) is 0.231. The lowest BCUT2D eigenvalue weighted by Crippen LogP contribution is -2.08. The molecule has 1 amide bonds. The van der Waals surface area contributed by atoms with Gasteiger partial charge in [-0.15, -0.1) is 0 Å².